The van der Waals surface area contributed by atoms with Crippen LogP contribution >= 0.6 is 34.7 Å². The summed E-state index contributed by atoms with van der Waals surface area (Å²) in [4.78, 5) is 21.1. The van der Waals surface area contributed by atoms with Crippen LogP contribution in [0.2, 0.25) is 5.02 Å². The van der Waals surface area contributed by atoms with Crippen LogP contribution in [-0.2, 0) is 11.2 Å². The first-order valence-electron chi connectivity index (χ1n) is 8.75. The lowest BCUT2D eigenvalue weighted by Crippen LogP contribution is -2.13. The Morgan fingerprint density at radius 1 is 1.10 bits per heavy atom. The fraction of sp³-hybridized carbons (Fsp3) is 0.100. The molecule has 0 aliphatic rings. The number of hydrogen-bond acceptors (Lipinski definition) is 6. The summed E-state index contributed by atoms with van der Waals surface area (Å²) in [6.07, 6.45) is 0.674. The van der Waals surface area contributed by atoms with Gasteiger partial charge >= 0.3 is 0 Å². The second-order valence-corrected chi connectivity index (χ2v) is 8.35. The molecule has 0 saturated carbocycles. The predicted octanol–water partition coefficient (Wildman–Crippen LogP) is 4.90. The minimum Gasteiger partial charge on any atom is -0.301 e. The van der Waals surface area contributed by atoms with Gasteiger partial charge in [-0.3, -0.25) is 9.89 Å². The molecule has 2 heterocycles. The molecule has 4 rings (SSSR count). The summed E-state index contributed by atoms with van der Waals surface area (Å²) in [5, 5.41) is 13.6. The van der Waals surface area contributed by atoms with Crippen molar-refractivity contribution in [3.05, 3.63) is 76.4 Å². The highest BCUT2D eigenvalue weighted by molar-refractivity contribution is 7.99. The van der Waals surface area contributed by atoms with Crippen molar-refractivity contribution < 1.29 is 4.79 Å². The van der Waals surface area contributed by atoms with Gasteiger partial charge in [0.15, 0.2) is 5.13 Å². The summed E-state index contributed by atoms with van der Waals surface area (Å²) in [7, 11) is 0. The van der Waals surface area contributed by atoms with Gasteiger partial charge in [0.05, 0.1) is 11.4 Å². The van der Waals surface area contributed by atoms with Crippen LogP contribution in [0.3, 0.4) is 0 Å². The van der Waals surface area contributed by atoms with E-state index < -0.39 is 0 Å². The van der Waals surface area contributed by atoms with Gasteiger partial charge in [0.2, 0.25) is 11.1 Å². The van der Waals surface area contributed by atoms with Gasteiger partial charge in [0.25, 0.3) is 0 Å². The number of carbonyl (C=O) groups excluding carboxylic acids is 1. The summed E-state index contributed by atoms with van der Waals surface area (Å²) in [5.41, 5.74) is 2.90. The van der Waals surface area contributed by atoms with E-state index in [0.29, 0.717) is 21.7 Å². The number of anilines is 1. The van der Waals surface area contributed by atoms with Crippen LogP contribution in [0.15, 0.2) is 65.1 Å². The molecule has 146 valence electrons. The lowest BCUT2D eigenvalue weighted by Gasteiger charge is -2.00. The van der Waals surface area contributed by atoms with Gasteiger partial charge in [-0.25, -0.2) is 9.97 Å². The number of H-pyrrole nitrogens is 1. The number of nitrogens with one attached hydrogen (secondary N) is 2. The monoisotopic (exact) mass is 441 g/mol. The number of halogens is 1. The number of rotatable bonds is 7. The number of amides is 1. The topological polar surface area (TPSA) is 83.6 Å². The first-order valence-corrected chi connectivity index (χ1v) is 11.0. The molecule has 2 aromatic carbocycles. The molecule has 0 fully saturated rings. The first kappa shape index (κ1) is 19.6. The number of hydrogen-bond donors (Lipinski definition) is 2. The highest BCUT2D eigenvalue weighted by atomic mass is 35.5. The third-order valence-electron chi connectivity index (χ3n) is 3.95. The fourth-order valence-corrected chi connectivity index (χ4v) is 4.06. The smallest absolute Gasteiger partial charge is 0.236 e. The Morgan fingerprint density at radius 3 is 2.69 bits per heavy atom. The van der Waals surface area contributed by atoms with Gasteiger partial charge in [0.1, 0.15) is 5.82 Å². The van der Waals surface area contributed by atoms with Crippen LogP contribution < -0.4 is 5.32 Å². The van der Waals surface area contributed by atoms with E-state index in [1.165, 1.54) is 23.1 Å². The quantitative estimate of drug-likeness (QED) is 0.398. The van der Waals surface area contributed by atoms with E-state index in [4.69, 9.17) is 11.6 Å². The van der Waals surface area contributed by atoms with E-state index in [9.17, 15) is 4.79 Å². The Morgan fingerprint density at radius 2 is 1.90 bits per heavy atom. The number of benzene rings is 2. The average Bonchev–Trinajstić information content (AvgIpc) is 3.37. The molecule has 9 heteroatoms. The van der Waals surface area contributed by atoms with E-state index in [0.717, 1.165) is 22.6 Å². The lowest BCUT2D eigenvalue weighted by atomic mass is 10.1. The number of aromatic nitrogens is 4. The molecular formula is C20H16ClN5OS2. The van der Waals surface area contributed by atoms with Crippen molar-refractivity contribution in [3.63, 3.8) is 0 Å². The van der Waals surface area contributed by atoms with Crippen molar-refractivity contribution in [2.75, 3.05) is 11.1 Å². The van der Waals surface area contributed by atoms with Crippen LogP contribution in [0.5, 0.6) is 0 Å². The third-order valence-corrected chi connectivity index (χ3v) is 5.81. The molecule has 29 heavy (non-hydrogen) atoms. The molecule has 2 aromatic heterocycles. The van der Waals surface area contributed by atoms with E-state index >= 15 is 0 Å². The molecular weight excluding hydrogens is 426 g/mol. The maximum absolute atomic E-state index is 12.2. The summed E-state index contributed by atoms with van der Waals surface area (Å²) >= 11 is 8.57. The predicted molar refractivity (Wildman–Crippen MR) is 118 cm³/mol. The van der Waals surface area contributed by atoms with E-state index in [-0.39, 0.29) is 11.7 Å². The molecule has 0 spiro atoms. The third kappa shape index (κ3) is 5.44. The zero-order valence-corrected chi connectivity index (χ0v) is 17.5. The normalized spacial score (nSPS) is 10.8. The Bertz CT molecular complexity index is 1100. The van der Waals surface area contributed by atoms with Gasteiger partial charge in [-0.2, -0.15) is 0 Å². The van der Waals surface area contributed by atoms with Crippen LogP contribution in [-0.4, -0.2) is 31.8 Å². The molecule has 0 bridgehead atoms. The van der Waals surface area contributed by atoms with Gasteiger partial charge < -0.3 is 5.32 Å². The average molecular weight is 442 g/mol. The maximum atomic E-state index is 12.2. The zero-order chi connectivity index (χ0) is 20.1. The molecule has 1 amide bonds. The zero-order valence-electron chi connectivity index (χ0n) is 15.1. The Balaban J connectivity index is 1.29. The molecule has 0 saturated heterocycles. The molecule has 0 unspecified atom stereocenters. The largest absolute Gasteiger partial charge is 0.301 e. The Hall–Kier alpha value is -2.68. The highest BCUT2D eigenvalue weighted by Gasteiger charge is 2.11. The van der Waals surface area contributed by atoms with Gasteiger partial charge in [-0.1, -0.05) is 65.8 Å². The Kier molecular flexibility index (Phi) is 6.24. The molecule has 2 N–H and O–H groups in total. The second kappa shape index (κ2) is 9.21. The van der Waals surface area contributed by atoms with Crippen molar-refractivity contribution in [1.82, 2.24) is 20.2 Å². The minimum absolute atomic E-state index is 0.151. The number of thiazole rings is 1. The van der Waals surface area contributed by atoms with Crippen molar-refractivity contribution in [1.29, 1.82) is 0 Å². The van der Waals surface area contributed by atoms with Crippen molar-refractivity contribution in [2.45, 2.75) is 11.6 Å². The number of carbonyl (C=O) groups is 1. The van der Waals surface area contributed by atoms with Crippen molar-refractivity contribution in [3.8, 4) is 11.3 Å². The van der Waals surface area contributed by atoms with Crippen molar-refractivity contribution >= 4 is 45.7 Å². The molecule has 0 radical (unpaired) electrons. The first-order chi connectivity index (χ1) is 14.2. The molecule has 4 aromatic rings. The molecule has 0 aliphatic heterocycles. The number of nitrogens with zero attached hydrogens (tertiary/aromatic N) is 3. The summed E-state index contributed by atoms with van der Waals surface area (Å²) in [5.74, 6) is 0.825. The Labute approximate surface area is 180 Å². The van der Waals surface area contributed by atoms with Gasteiger partial charge in [-0.15, -0.1) is 16.4 Å². The number of aromatic amines is 1. The van der Waals surface area contributed by atoms with Crippen LogP contribution in [0, 0.1) is 0 Å². The number of thioether (sulfide) groups is 1. The fourth-order valence-electron chi connectivity index (χ4n) is 2.58. The van der Waals surface area contributed by atoms with E-state index in [2.05, 4.69) is 25.5 Å². The van der Waals surface area contributed by atoms with E-state index in [1.807, 2.05) is 60.0 Å². The molecule has 6 nitrogen and oxygen atoms in total. The van der Waals surface area contributed by atoms with Gasteiger partial charge in [0, 0.05) is 22.4 Å². The van der Waals surface area contributed by atoms with Crippen LogP contribution in [0.4, 0.5) is 5.13 Å². The summed E-state index contributed by atoms with van der Waals surface area (Å²) in [6.45, 7) is 0. The van der Waals surface area contributed by atoms with Gasteiger partial charge in [-0.05, 0) is 17.7 Å². The molecule has 0 aliphatic carbocycles. The van der Waals surface area contributed by atoms with Crippen LogP contribution in [0.1, 0.15) is 11.4 Å². The standard InChI is InChI=1S/C20H16ClN5OS2/c21-15-8-6-14(7-9-15)16-11-28-19(22-16)24-18(27)12-29-20-23-17(25-26-20)10-13-4-2-1-3-5-13/h1-9,11H,10,12H2,(H,22,24,27)(H,23,25,26). The molecule has 0 atom stereocenters. The lowest BCUT2D eigenvalue weighted by molar-refractivity contribution is -0.113. The van der Waals surface area contributed by atoms with Crippen molar-refractivity contribution in [2.24, 2.45) is 0 Å². The second-order valence-electron chi connectivity index (χ2n) is 6.11. The highest BCUT2D eigenvalue weighted by Crippen LogP contribution is 2.26. The summed E-state index contributed by atoms with van der Waals surface area (Å²) in [6, 6.07) is 17.5. The SMILES string of the molecule is O=C(CSc1n[nH]c(Cc2ccccc2)n1)Nc1nc(-c2ccc(Cl)cc2)cs1. The maximum Gasteiger partial charge on any atom is 0.236 e. The summed E-state index contributed by atoms with van der Waals surface area (Å²) < 4.78 is 0. The minimum atomic E-state index is -0.151. The van der Waals surface area contributed by atoms with E-state index in [1.54, 1.807) is 0 Å². The van der Waals surface area contributed by atoms with Crippen LogP contribution in [0.25, 0.3) is 11.3 Å².